The Bertz CT molecular complexity index is 740. The highest BCUT2D eigenvalue weighted by molar-refractivity contribution is 9.10. The van der Waals surface area contributed by atoms with Gasteiger partial charge >= 0.3 is 0 Å². The average molecular weight is 375 g/mol. The fourth-order valence-corrected chi connectivity index (χ4v) is 4.10. The minimum Gasteiger partial charge on any atom is -0.279 e. The van der Waals surface area contributed by atoms with Crippen molar-refractivity contribution in [2.24, 2.45) is 0 Å². The molecule has 2 rings (SSSR count). The van der Waals surface area contributed by atoms with Gasteiger partial charge in [0.25, 0.3) is 10.0 Å². The molecule has 0 aromatic heterocycles. The monoisotopic (exact) mass is 373 g/mol. The van der Waals surface area contributed by atoms with Crippen LogP contribution in [0.4, 0.5) is 5.69 Å². The zero-order valence-electron chi connectivity index (χ0n) is 10.9. The Hall–Kier alpha value is -1.04. The smallest absolute Gasteiger partial charge is 0.263 e. The molecule has 20 heavy (non-hydrogen) atoms. The van der Waals surface area contributed by atoms with E-state index in [0.717, 1.165) is 15.6 Å². The fourth-order valence-electron chi connectivity index (χ4n) is 1.86. The summed E-state index contributed by atoms with van der Waals surface area (Å²) in [4.78, 5) is 0.0602. The topological polar surface area (TPSA) is 46.2 Å². The summed E-state index contributed by atoms with van der Waals surface area (Å²) in [6.45, 7) is 3.71. The molecular formula is C14H13BrClNO2S. The highest BCUT2D eigenvalue weighted by Gasteiger charge is 2.19. The summed E-state index contributed by atoms with van der Waals surface area (Å²) < 4.78 is 28.2. The molecule has 0 aliphatic heterocycles. The number of aryl methyl sites for hydroxylation is 2. The molecule has 0 amide bonds. The largest absolute Gasteiger partial charge is 0.279 e. The molecule has 6 heteroatoms. The van der Waals surface area contributed by atoms with Gasteiger partial charge in [-0.2, -0.15) is 0 Å². The lowest BCUT2D eigenvalue weighted by molar-refractivity contribution is 0.601. The molecule has 1 N–H and O–H groups in total. The molecule has 0 aliphatic carbocycles. The van der Waals surface area contributed by atoms with Gasteiger partial charge in [0.15, 0.2) is 0 Å². The highest BCUT2D eigenvalue weighted by atomic mass is 79.9. The molecule has 0 fully saturated rings. The van der Waals surface area contributed by atoms with Crippen LogP contribution >= 0.6 is 27.5 Å². The van der Waals surface area contributed by atoms with Crippen molar-refractivity contribution in [2.45, 2.75) is 18.7 Å². The van der Waals surface area contributed by atoms with Crippen LogP contribution in [0.5, 0.6) is 0 Å². The molecule has 2 aromatic rings. The van der Waals surface area contributed by atoms with Crippen molar-refractivity contribution in [3.05, 3.63) is 57.0 Å². The molecule has 0 atom stereocenters. The second-order valence-electron chi connectivity index (χ2n) is 4.45. The van der Waals surface area contributed by atoms with E-state index >= 15 is 0 Å². The predicted molar refractivity (Wildman–Crippen MR) is 85.9 cm³/mol. The van der Waals surface area contributed by atoms with Crippen LogP contribution in [-0.4, -0.2) is 8.42 Å². The lowest BCUT2D eigenvalue weighted by Gasteiger charge is -2.14. The van der Waals surface area contributed by atoms with Gasteiger partial charge in [-0.05, 0) is 43.2 Å². The number of halogens is 2. The zero-order valence-corrected chi connectivity index (χ0v) is 14.1. The predicted octanol–water partition coefficient (Wildman–Crippen LogP) is 4.52. The van der Waals surface area contributed by atoms with Crippen molar-refractivity contribution in [2.75, 3.05) is 4.72 Å². The van der Waals surface area contributed by atoms with Crippen molar-refractivity contribution in [3.8, 4) is 0 Å². The molecule has 0 saturated heterocycles. The summed E-state index contributed by atoms with van der Waals surface area (Å²) >= 11 is 9.26. The first-order valence-corrected chi connectivity index (χ1v) is 8.51. The molecule has 0 bridgehead atoms. The maximum atomic E-state index is 12.4. The number of hydrogen-bond donors (Lipinski definition) is 1. The zero-order chi connectivity index (χ0) is 14.9. The Kier molecular flexibility index (Phi) is 4.42. The van der Waals surface area contributed by atoms with Gasteiger partial charge < -0.3 is 0 Å². The Balaban J connectivity index is 2.46. The number of sulfonamides is 1. The minimum atomic E-state index is -3.71. The van der Waals surface area contributed by atoms with E-state index in [1.54, 1.807) is 12.1 Å². The maximum absolute atomic E-state index is 12.4. The van der Waals surface area contributed by atoms with Crippen LogP contribution in [0.15, 0.2) is 45.8 Å². The molecule has 106 valence electrons. The third-order valence-electron chi connectivity index (χ3n) is 2.90. The van der Waals surface area contributed by atoms with Gasteiger partial charge in [0.2, 0.25) is 0 Å². The molecular weight excluding hydrogens is 362 g/mol. The number of rotatable bonds is 3. The average Bonchev–Trinajstić information content (AvgIpc) is 2.33. The summed E-state index contributed by atoms with van der Waals surface area (Å²) in [7, 11) is -3.71. The van der Waals surface area contributed by atoms with E-state index < -0.39 is 10.0 Å². The second kappa shape index (κ2) is 5.76. The van der Waals surface area contributed by atoms with Crippen LogP contribution in [0.1, 0.15) is 11.1 Å². The standard InChI is InChI=1S/C14H13BrClNO2S/c1-9-4-3-5-10(2)14(9)17-20(18,19)13-7-6-11(15)8-12(13)16/h3-8,17H,1-2H3. The Morgan fingerprint density at radius 1 is 1.10 bits per heavy atom. The number of nitrogens with one attached hydrogen (secondary N) is 1. The molecule has 0 radical (unpaired) electrons. The van der Waals surface area contributed by atoms with Gasteiger partial charge in [0.05, 0.1) is 10.7 Å². The van der Waals surface area contributed by atoms with E-state index in [9.17, 15) is 8.42 Å². The Morgan fingerprint density at radius 2 is 1.70 bits per heavy atom. The lowest BCUT2D eigenvalue weighted by atomic mass is 10.1. The molecule has 0 unspecified atom stereocenters. The van der Waals surface area contributed by atoms with Gasteiger partial charge in [-0.25, -0.2) is 8.42 Å². The fraction of sp³-hybridized carbons (Fsp3) is 0.143. The first kappa shape index (κ1) is 15.4. The van der Waals surface area contributed by atoms with Crippen LogP contribution in [0, 0.1) is 13.8 Å². The number of hydrogen-bond acceptors (Lipinski definition) is 2. The third-order valence-corrected chi connectivity index (χ3v) is 5.23. The van der Waals surface area contributed by atoms with E-state index in [0.29, 0.717) is 5.69 Å². The molecule has 0 saturated carbocycles. The van der Waals surface area contributed by atoms with Crippen molar-refractivity contribution in [1.29, 1.82) is 0 Å². The van der Waals surface area contributed by atoms with Gasteiger partial charge in [0.1, 0.15) is 4.90 Å². The van der Waals surface area contributed by atoms with E-state index in [1.807, 2.05) is 32.0 Å². The molecule has 2 aromatic carbocycles. The summed E-state index contributed by atoms with van der Waals surface area (Å²) in [5.74, 6) is 0. The van der Waals surface area contributed by atoms with E-state index in [4.69, 9.17) is 11.6 Å². The maximum Gasteiger partial charge on any atom is 0.263 e. The number of anilines is 1. The van der Waals surface area contributed by atoms with Crippen LogP contribution in [0.3, 0.4) is 0 Å². The van der Waals surface area contributed by atoms with Gasteiger partial charge in [-0.3, -0.25) is 4.72 Å². The summed E-state index contributed by atoms with van der Waals surface area (Å²) in [6, 6.07) is 10.3. The lowest BCUT2D eigenvalue weighted by Crippen LogP contribution is -2.15. The van der Waals surface area contributed by atoms with E-state index in [2.05, 4.69) is 20.7 Å². The Labute approximate surface area is 132 Å². The van der Waals surface area contributed by atoms with E-state index in [1.165, 1.54) is 6.07 Å². The molecule has 0 spiro atoms. The summed E-state index contributed by atoms with van der Waals surface area (Å²) in [6.07, 6.45) is 0. The SMILES string of the molecule is Cc1cccc(C)c1NS(=O)(=O)c1ccc(Br)cc1Cl. The van der Waals surface area contributed by atoms with Crippen LogP contribution in [-0.2, 0) is 10.0 Å². The summed E-state index contributed by atoms with van der Waals surface area (Å²) in [5, 5.41) is 0.179. The first-order valence-electron chi connectivity index (χ1n) is 5.85. The van der Waals surface area contributed by atoms with Crippen molar-refractivity contribution < 1.29 is 8.42 Å². The second-order valence-corrected chi connectivity index (χ2v) is 7.42. The quantitative estimate of drug-likeness (QED) is 0.858. The molecule has 0 heterocycles. The number of para-hydroxylation sites is 1. The van der Waals surface area contributed by atoms with Crippen LogP contribution in [0.2, 0.25) is 5.02 Å². The Morgan fingerprint density at radius 3 is 2.25 bits per heavy atom. The number of benzene rings is 2. The first-order chi connectivity index (χ1) is 9.31. The van der Waals surface area contributed by atoms with Gasteiger partial charge in [-0.15, -0.1) is 0 Å². The van der Waals surface area contributed by atoms with E-state index in [-0.39, 0.29) is 9.92 Å². The third kappa shape index (κ3) is 3.16. The van der Waals surface area contributed by atoms with Gasteiger partial charge in [-0.1, -0.05) is 45.7 Å². The molecule has 0 aliphatic rings. The van der Waals surface area contributed by atoms with Crippen molar-refractivity contribution in [3.63, 3.8) is 0 Å². The van der Waals surface area contributed by atoms with Gasteiger partial charge in [0, 0.05) is 4.47 Å². The van der Waals surface area contributed by atoms with Crippen molar-refractivity contribution in [1.82, 2.24) is 0 Å². The summed E-state index contributed by atoms with van der Waals surface area (Å²) in [5.41, 5.74) is 2.31. The molecule has 3 nitrogen and oxygen atoms in total. The minimum absolute atomic E-state index is 0.0602. The highest BCUT2D eigenvalue weighted by Crippen LogP contribution is 2.28. The van der Waals surface area contributed by atoms with Crippen LogP contribution in [0.25, 0.3) is 0 Å². The normalized spacial score (nSPS) is 11.4. The van der Waals surface area contributed by atoms with Crippen molar-refractivity contribution >= 4 is 43.2 Å². The van der Waals surface area contributed by atoms with Crippen LogP contribution < -0.4 is 4.72 Å².